The molecule has 1 fully saturated rings. The number of hydrogen-bond acceptors (Lipinski definition) is 6. The molecule has 0 saturated carbocycles. The molecule has 210 valence electrons. The molecular formula is C31H30ClF2N7. The number of para-hydroxylation sites is 1. The Hall–Kier alpha value is -4.08. The molecule has 3 aromatic carbocycles. The van der Waals surface area contributed by atoms with Crippen molar-refractivity contribution in [3.8, 4) is 11.3 Å². The summed E-state index contributed by atoms with van der Waals surface area (Å²) in [5.41, 5.74) is 4.34. The number of amidine groups is 1. The minimum Gasteiger partial charge on any atom is -0.355 e. The standard InChI is InChI=1S/C31H30ClF2N7/c1-39(2)23-13-14-40(18-23)30(35)19-6-9-22(10-7-19)37-31-36-17-20-12-15-41(29-25(33)4-3-5-26(29)34)27-16-21(32)8-11-24(27)28(20)38-31/h3-11,16-17,23,35H,12-15,18H2,1-2H3,(H,36,37,38). The highest BCUT2D eigenvalue weighted by Gasteiger charge is 2.28. The molecule has 2 aliphatic heterocycles. The summed E-state index contributed by atoms with van der Waals surface area (Å²) in [7, 11) is 4.16. The summed E-state index contributed by atoms with van der Waals surface area (Å²) < 4.78 is 29.7. The second kappa shape index (κ2) is 11.1. The van der Waals surface area contributed by atoms with Gasteiger partial charge in [-0.25, -0.2) is 18.7 Å². The maximum absolute atomic E-state index is 14.8. The van der Waals surface area contributed by atoms with Crippen molar-refractivity contribution in [3.05, 3.63) is 94.6 Å². The first-order chi connectivity index (χ1) is 19.8. The molecule has 6 rings (SSSR count). The molecule has 10 heteroatoms. The Morgan fingerprint density at radius 3 is 2.51 bits per heavy atom. The molecule has 1 saturated heterocycles. The van der Waals surface area contributed by atoms with Crippen LogP contribution < -0.4 is 10.2 Å². The van der Waals surface area contributed by atoms with E-state index in [2.05, 4.69) is 34.2 Å². The Morgan fingerprint density at radius 2 is 1.80 bits per heavy atom. The van der Waals surface area contributed by atoms with Gasteiger partial charge in [-0.15, -0.1) is 0 Å². The molecule has 41 heavy (non-hydrogen) atoms. The second-order valence-electron chi connectivity index (χ2n) is 10.6. The van der Waals surface area contributed by atoms with Crippen molar-refractivity contribution >= 4 is 40.4 Å². The lowest BCUT2D eigenvalue weighted by atomic mass is 10.0. The third-order valence-corrected chi connectivity index (χ3v) is 8.04. The number of nitrogens with one attached hydrogen (secondary N) is 2. The van der Waals surface area contributed by atoms with Gasteiger partial charge in [-0.1, -0.05) is 17.7 Å². The van der Waals surface area contributed by atoms with Crippen LogP contribution in [0, 0.1) is 17.0 Å². The number of aromatic nitrogens is 2. The van der Waals surface area contributed by atoms with E-state index in [9.17, 15) is 8.78 Å². The Labute approximate surface area is 242 Å². The molecule has 2 N–H and O–H groups in total. The van der Waals surface area contributed by atoms with Gasteiger partial charge in [0.1, 0.15) is 23.2 Å². The summed E-state index contributed by atoms with van der Waals surface area (Å²) in [6.45, 7) is 2.05. The van der Waals surface area contributed by atoms with Crippen LogP contribution in [0.25, 0.3) is 11.3 Å². The quantitative estimate of drug-likeness (QED) is 0.210. The summed E-state index contributed by atoms with van der Waals surface area (Å²) in [6, 6.07) is 17.3. The monoisotopic (exact) mass is 573 g/mol. The van der Waals surface area contributed by atoms with Gasteiger partial charge in [0.25, 0.3) is 0 Å². The molecule has 1 unspecified atom stereocenters. The average molecular weight is 574 g/mol. The van der Waals surface area contributed by atoms with Gasteiger partial charge >= 0.3 is 0 Å². The van der Waals surface area contributed by atoms with Crippen LogP contribution in [0.4, 0.5) is 31.8 Å². The van der Waals surface area contributed by atoms with E-state index in [1.807, 2.05) is 30.3 Å². The highest BCUT2D eigenvalue weighted by Crippen LogP contribution is 2.42. The fourth-order valence-corrected chi connectivity index (χ4v) is 5.70. The van der Waals surface area contributed by atoms with E-state index >= 15 is 0 Å². The zero-order valence-corrected chi connectivity index (χ0v) is 23.6. The lowest BCUT2D eigenvalue weighted by Gasteiger charge is -2.26. The number of benzene rings is 3. The number of hydrogen-bond donors (Lipinski definition) is 2. The van der Waals surface area contributed by atoms with Crippen LogP contribution >= 0.6 is 11.6 Å². The van der Waals surface area contributed by atoms with Crippen LogP contribution in [0.1, 0.15) is 17.5 Å². The third kappa shape index (κ3) is 5.35. The van der Waals surface area contributed by atoms with Crippen LogP contribution in [-0.4, -0.2) is 65.4 Å². The lowest BCUT2D eigenvalue weighted by Crippen LogP contribution is -2.34. The summed E-state index contributed by atoms with van der Waals surface area (Å²) >= 11 is 6.35. The molecule has 0 spiro atoms. The third-order valence-electron chi connectivity index (χ3n) is 7.81. The van der Waals surface area contributed by atoms with Crippen LogP contribution in [0.15, 0.2) is 66.9 Å². The molecule has 0 radical (unpaired) electrons. The van der Waals surface area contributed by atoms with Crippen LogP contribution in [0.5, 0.6) is 0 Å². The van der Waals surface area contributed by atoms with E-state index in [0.717, 1.165) is 36.3 Å². The van der Waals surface area contributed by atoms with Gasteiger partial charge in [0.2, 0.25) is 5.95 Å². The predicted molar refractivity (Wildman–Crippen MR) is 160 cm³/mol. The summed E-state index contributed by atoms with van der Waals surface area (Å²) in [5, 5.41) is 12.4. The van der Waals surface area contributed by atoms with Crippen molar-refractivity contribution in [1.29, 1.82) is 5.41 Å². The Bertz CT molecular complexity index is 1590. The van der Waals surface area contributed by atoms with Crippen molar-refractivity contribution < 1.29 is 8.78 Å². The van der Waals surface area contributed by atoms with E-state index < -0.39 is 11.6 Å². The van der Waals surface area contributed by atoms with Gasteiger partial charge in [0.05, 0.1) is 11.4 Å². The van der Waals surface area contributed by atoms with E-state index in [1.165, 1.54) is 18.2 Å². The maximum Gasteiger partial charge on any atom is 0.227 e. The predicted octanol–water partition coefficient (Wildman–Crippen LogP) is 6.47. The highest BCUT2D eigenvalue weighted by atomic mass is 35.5. The van der Waals surface area contributed by atoms with Crippen molar-refractivity contribution in [2.45, 2.75) is 18.9 Å². The smallest absolute Gasteiger partial charge is 0.227 e. The molecule has 1 aromatic heterocycles. The minimum absolute atomic E-state index is 0.119. The molecule has 1 atom stereocenters. The second-order valence-corrected chi connectivity index (χ2v) is 11.0. The number of anilines is 4. The van der Waals surface area contributed by atoms with Gasteiger partial charge < -0.3 is 20.0 Å². The maximum atomic E-state index is 14.8. The number of nitrogens with zero attached hydrogens (tertiary/aromatic N) is 5. The fourth-order valence-electron chi connectivity index (χ4n) is 5.53. The average Bonchev–Trinajstić information content (AvgIpc) is 3.41. The van der Waals surface area contributed by atoms with Gasteiger partial charge in [-0.05, 0) is 87.1 Å². The molecule has 0 bridgehead atoms. The van der Waals surface area contributed by atoms with Crippen LogP contribution in [-0.2, 0) is 6.42 Å². The highest BCUT2D eigenvalue weighted by molar-refractivity contribution is 6.31. The van der Waals surface area contributed by atoms with Gasteiger partial charge in [0, 0.05) is 53.7 Å². The number of rotatable bonds is 5. The van der Waals surface area contributed by atoms with E-state index in [0.29, 0.717) is 52.8 Å². The molecular weight excluding hydrogens is 544 g/mol. The summed E-state index contributed by atoms with van der Waals surface area (Å²) in [5.74, 6) is -0.372. The normalized spacial score (nSPS) is 16.4. The Morgan fingerprint density at radius 1 is 1.05 bits per heavy atom. The van der Waals surface area contributed by atoms with E-state index in [-0.39, 0.29) is 5.69 Å². The summed E-state index contributed by atoms with van der Waals surface area (Å²) in [6.07, 6.45) is 3.29. The van der Waals surface area contributed by atoms with Crippen LogP contribution in [0.2, 0.25) is 5.02 Å². The number of fused-ring (bicyclic) bond motifs is 3. The topological polar surface area (TPSA) is 71.4 Å². The first-order valence-electron chi connectivity index (χ1n) is 13.5. The lowest BCUT2D eigenvalue weighted by molar-refractivity contribution is 0.301. The molecule has 0 amide bonds. The Kier molecular flexibility index (Phi) is 7.32. The van der Waals surface area contributed by atoms with Crippen molar-refractivity contribution in [2.75, 3.05) is 43.9 Å². The molecule has 4 aromatic rings. The zero-order valence-electron chi connectivity index (χ0n) is 22.8. The SMILES string of the molecule is CN(C)C1CCN(C(=N)c2ccc(Nc3ncc4c(n3)-c3ccc(Cl)cc3N(c3c(F)cccc3F)CC4)cc2)C1. The number of halogens is 3. The zero-order chi connectivity index (χ0) is 28.7. The molecule has 0 aliphatic carbocycles. The fraction of sp³-hybridized carbons (Fsp3) is 0.258. The van der Waals surface area contributed by atoms with Crippen LogP contribution in [0.3, 0.4) is 0 Å². The number of likely N-dealkylation sites (tertiary alicyclic amines) is 1. The van der Waals surface area contributed by atoms with Crippen molar-refractivity contribution in [3.63, 3.8) is 0 Å². The number of likely N-dealkylation sites (N-methyl/N-ethyl adjacent to an activating group) is 1. The van der Waals surface area contributed by atoms with Crippen molar-refractivity contribution in [2.24, 2.45) is 0 Å². The molecule has 7 nitrogen and oxygen atoms in total. The first kappa shape index (κ1) is 27.1. The molecule has 2 aliphatic rings. The summed E-state index contributed by atoms with van der Waals surface area (Å²) in [4.78, 5) is 15.3. The van der Waals surface area contributed by atoms with E-state index in [4.69, 9.17) is 22.0 Å². The van der Waals surface area contributed by atoms with Gasteiger partial charge in [-0.3, -0.25) is 5.41 Å². The largest absolute Gasteiger partial charge is 0.355 e. The van der Waals surface area contributed by atoms with Gasteiger partial charge in [-0.2, -0.15) is 0 Å². The van der Waals surface area contributed by atoms with Crippen molar-refractivity contribution in [1.82, 2.24) is 19.8 Å². The van der Waals surface area contributed by atoms with Gasteiger partial charge in [0.15, 0.2) is 0 Å². The molecule has 3 heterocycles. The Balaban J connectivity index is 1.27. The minimum atomic E-state index is -0.644. The van der Waals surface area contributed by atoms with E-state index in [1.54, 1.807) is 23.2 Å². The first-order valence-corrected chi connectivity index (χ1v) is 13.9.